The van der Waals surface area contributed by atoms with Crippen molar-refractivity contribution in [2.45, 2.75) is 45.4 Å². The summed E-state index contributed by atoms with van der Waals surface area (Å²) in [7, 11) is 0. The van der Waals surface area contributed by atoms with E-state index in [4.69, 9.17) is 61.9 Å². The Morgan fingerprint density at radius 3 is 0.689 bits per heavy atom. The summed E-state index contributed by atoms with van der Waals surface area (Å²) in [5.74, 6) is 0. The lowest BCUT2D eigenvalue weighted by molar-refractivity contribution is -0.0286. The van der Waals surface area contributed by atoms with Gasteiger partial charge in [-0.05, 0) is 6.42 Å². The first-order chi connectivity index (χ1) is 22.4. The van der Waals surface area contributed by atoms with Crippen LogP contribution in [0.25, 0.3) is 0 Å². The fourth-order valence-electron chi connectivity index (χ4n) is 3.57. The molecule has 0 radical (unpaired) electrons. The monoisotopic (exact) mass is 658 g/mol. The summed E-state index contributed by atoms with van der Waals surface area (Å²) in [5, 5.41) is 8.58. The SMILES string of the molecule is CCCCCCCCOCCOCCOCCOCCOCCOCCOCCOCCOCCOCCOCCOCCO. The van der Waals surface area contributed by atoms with E-state index in [0.717, 1.165) is 13.0 Å². The molecule has 0 aliphatic heterocycles. The van der Waals surface area contributed by atoms with Crippen LogP contribution in [0.4, 0.5) is 0 Å². The molecule has 0 bridgehead atoms. The second-order valence-electron chi connectivity index (χ2n) is 9.84. The summed E-state index contributed by atoms with van der Waals surface area (Å²) in [4.78, 5) is 0. The van der Waals surface area contributed by atoms with Crippen molar-refractivity contribution >= 4 is 0 Å². The molecule has 0 atom stereocenters. The van der Waals surface area contributed by atoms with Crippen LogP contribution in [0, 0.1) is 0 Å². The van der Waals surface area contributed by atoms with E-state index in [-0.39, 0.29) is 6.61 Å². The van der Waals surface area contributed by atoms with Gasteiger partial charge in [-0.1, -0.05) is 39.0 Å². The van der Waals surface area contributed by atoms with Gasteiger partial charge in [-0.25, -0.2) is 0 Å². The number of hydrogen-bond acceptors (Lipinski definition) is 13. The van der Waals surface area contributed by atoms with E-state index in [0.29, 0.717) is 152 Å². The second-order valence-corrected chi connectivity index (χ2v) is 9.84. The van der Waals surface area contributed by atoms with Gasteiger partial charge < -0.3 is 61.9 Å². The van der Waals surface area contributed by atoms with Crippen molar-refractivity contribution < 1.29 is 61.9 Å². The van der Waals surface area contributed by atoms with Crippen molar-refractivity contribution in [2.75, 3.05) is 165 Å². The first-order valence-corrected chi connectivity index (χ1v) is 17.0. The van der Waals surface area contributed by atoms with Gasteiger partial charge in [0.25, 0.3) is 0 Å². The van der Waals surface area contributed by atoms with Crippen LogP contribution in [0.5, 0.6) is 0 Å². The average Bonchev–Trinajstić information content (AvgIpc) is 3.05. The molecule has 0 spiro atoms. The first kappa shape index (κ1) is 44.5. The molecule has 0 aliphatic rings. The Morgan fingerprint density at radius 1 is 0.244 bits per heavy atom. The number of ether oxygens (including phenoxy) is 12. The molecule has 13 heteroatoms. The fraction of sp³-hybridized carbons (Fsp3) is 1.00. The molecule has 0 fully saturated rings. The molecule has 45 heavy (non-hydrogen) atoms. The van der Waals surface area contributed by atoms with Gasteiger partial charge in [0.1, 0.15) is 0 Å². The van der Waals surface area contributed by atoms with E-state index < -0.39 is 0 Å². The second kappa shape index (κ2) is 43.5. The van der Waals surface area contributed by atoms with Crippen LogP contribution in [-0.4, -0.2) is 170 Å². The van der Waals surface area contributed by atoms with Crippen molar-refractivity contribution in [3.63, 3.8) is 0 Å². The van der Waals surface area contributed by atoms with Crippen molar-refractivity contribution in [1.29, 1.82) is 0 Å². The third-order valence-electron chi connectivity index (χ3n) is 5.97. The highest BCUT2D eigenvalue weighted by Crippen LogP contribution is 2.04. The molecular formula is C32H66O13. The molecule has 0 amide bonds. The predicted octanol–water partition coefficient (Wildman–Crippen LogP) is 2.54. The molecule has 0 saturated carbocycles. The Hall–Kier alpha value is -0.520. The topological polar surface area (TPSA) is 131 Å². The minimum absolute atomic E-state index is 0.0270. The van der Waals surface area contributed by atoms with E-state index in [1.54, 1.807) is 0 Å². The smallest absolute Gasteiger partial charge is 0.0701 e. The maximum atomic E-state index is 8.58. The van der Waals surface area contributed by atoms with Crippen LogP contribution < -0.4 is 0 Å². The van der Waals surface area contributed by atoms with Crippen LogP contribution in [0.15, 0.2) is 0 Å². The van der Waals surface area contributed by atoms with Crippen LogP contribution in [0.3, 0.4) is 0 Å². The highest BCUT2D eigenvalue weighted by atomic mass is 16.6. The maximum Gasteiger partial charge on any atom is 0.0701 e. The maximum absolute atomic E-state index is 8.58. The summed E-state index contributed by atoms with van der Waals surface area (Å²) in [6.07, 6.45) is 7.68. The minimum Gasteiger partial charge on any atom is -0.394 e. The van der Waals surface area contributed by atoms with Gasteiger partial charge in [0.15, 0.2) is 0 Å². The zero-order chi connectivity index (χ0) is 32.4. The molecule has 272 valence electrons. The van der Waals surface area contributed by atoms with Crippen LogP contribution in [0.2, 0.25) is 0 Å². The molecule has 0 saturated heterocycles. The van der Waals surface area contributed by atoms with Crippen molar-refractivity contribution in [2.24, 2.45) is 0 Å². The van der Waals surface area contributed by atoms with Crippen LogP contribution in [-0.2, 0) is 56.8 Å². The average molecular weight is 659 g/mol. The Kier molecular flexibility index (Phi) is 43.0. The highest BCUT2D eigenvalue weighted by Gasteiger charge is 1.97. The van der Waals surface area contributed by atoms with Gasteiger partial charge in [0.05, 0.1) is 159 Å². The van der Waals surface area contributed by atoms with Crippen LogP contribution in [0.1, 0.15) is 45.4 Å². The summed E-state index contributed by atoms with van der Waals surface area (Å²) >= 11 is 0. The van der Waals surface area contributed by atoms with E-state index in [1.807, 2.05) is 0 Å². The van der Waals surface area contributed by atoms with E-state index in [2.05, 4.69) is 6.92 Å². The molecule has 13 nitrogen and oxygen atoms in total. The summed E-state index contributed by atoms with van der Waals surface area (Å²) in [6, 6.07) is 0. The minimum atomic E-state index is 0.0270. The number of hydrogen-bond donors (Lipinski definition) is 1. The summed E-state index contributed by atoms with van der Waals surface area (Å²) in [5.41, 5.74) is 0. The Morgan fingerprint density at radius 2 is 0.444 bits per heavy atom. The number of aliphatic hydroxyl groups is 1. The van der Waals surface area contributed by atoms with Gasteiger partial charge in [0, 0.05) is 6.61 Å². The van der Waals surface area contributed by atoms with Gasteiger partial charge >= 0.3 is 0 Å². The van der Waals surface area contributed by atoms with E-state index >= 15 is 0 Å². The first-order valence-electron chi connectivity index (χ1n) is 17.0. The number of unbranched alkanes of at least 4 members (excludes halogenated alkanes) is 5. The molecule has 0 aliphatic carbocycles. The van der Waals surface area contributed by atoms with Gasteiger partial charge in [-0.3, -0.25) is 0 Å². The number of rotatable bonds is 42. The highest BCUT2D eigenvalue weighted by molar-refractivity contribution is 4.44. The van der Waals surface area contributed by atoms with Crippen molar-refractivity contribution in [1.82, 2.24) is 0 Å². The molecule has 0 aromatic carbocycles. The van der Waals surface area contributed by atoms with Crippen molar-refractivity contribution in [3.05, 3.63) is 0 Å². The van der Waals surface area contributed by atoms with E-state index in [9.17, 15) is 0 Å². The molecule has 0 aromatic rings. The summed E-state index contributed by atoms with van der Waals surface area (Å²) in [6.45, 7) is 15.0. The van der Waals surface area contributed by atoms with Gasteiger partial charge in [-0.2, -0.15) is 0 Å². The zero-order valence-corrected chi connectivity index (χ0v) is 28.3. The Balaban J connectivity index is 3.03. The van der Waals surface area contributed by atoms with Gasteiger partial charge in [0.2, 0.25) is 0 Å². The molecule has 1 N–H and O–H groups in total. The molecule has 0 heterocycles. The Labute approximate surface area is 272 Å². The lowest BCUT2D eigenvalue weighted by atomic mass is 10.1. The molecule has 0 aromatic heterocycles. The fourth-order valence-corrected chi connectivity index (χ4v) is 3.57. The largest absolute Gasteiger partial charge is 0.394 e. The quantitative estimate of drug-likeness (QED) is 0.0965. The molecule has 0 unspecified atom stereocenters. The van der Waals surface area contributed by atoms with E-state index in [1.165, 1.54) is 32.1 Å². The van der Waals surface area contributed by atoms with Crippen molar-refractivity contribution in [3.8, 4) is 0 Å². The Bertz CT molecular complexity index is 464. The standard InChI is InChI=1S/C32H66O13/c1-2-3-4-5-6-7-9-34-11-13-36-15-17-38-19-21-40-23-25-42-27-29-44-31-32-45-30-28-43-26-24-41-22-20-39-18-16-37-14-12-35-10-8-33/h33H,2-32H2,1H3. The predicted molar refractivity (Wildman–Crippen MR) is 170 cm³/mol. The van der Waals surface area contributed by atoms with Crippen LogP contribution >= 0.6 is 0 Å². The van der Waals surface area contributed by atoms with Gasteiger partial charge in [-0.15, -0.1) is 0 Å². The zero-order valence-electron chi connectivity index (χ0n) is 28.3. The lowest BCUT2D eigenvalue weighted by Gasteiger charge is -2.09. The summed E-state index contributed by atoms with van der Waals surface area (Å²) < 4.78 is 65.2. The third kappa shape index (κ3) is 43.5. The number of aliphatic hydroxyl groups excluding tert-OH is 1. The third-order valence-corrected chi connectivity index (χ3v) is 5.97. The normalized spacial score (nSPS) is 11.6. The molecular weight excluding hydrogens is 592 g/mol. The molecule has 0 rings (SSSR count). The lowest BCUT2D eigenvalue weighted by Crippen LogP contribution is -2.15.